The molecule has 0 unspecified atom stereocenters. The number of hydrogen-bond acceptors (Lipinski definition) is 9. The van der Waals surface area contributed by atoms with Crippen molar-refractivity contribution >= 4 is 35.8 Å². The number of carboxylic acid groups (broad SMARTS) is 1. The summed E-state index contributed by atoms with van der Waals surface area (Å²) >= 11 is 0. The van der Waals surface area contributed by atoms with E-state index in [0.717, 1.165) is 54.1 Å². The molecule has 0 aromatic rings. The summed E-state index contributed by atoms with van der Waals surface area (Å²) in [7, 11) is 5.51. The average molecular weight is 915 g/mol. The second kappa shape index (κ2) is 50.4. The fourth-order valence-corrected chi connectivity index (χ4v) is 6.20. The number of carbonyl (C=O) groups excluding carboxylic acids is 4. The molecule has 14 nitrogen and oxygen atoms in total. The van der Waals surface area contributed by atoms with Crippen molar-refractivity contribution in [3.63, 3.8) is 0 Å². The molecule has 64 heavy (non-hydrogen) atoms. The molecule has 0 fully saturated rings. The third kappa shape index (κ3) is 37.8. The van der Waals surface area contributed by atoms with Crippen molar-refractivity contribution in [1.29, 1.82) is 0 Å². The fraction of sp³-hybridized carbons (Fsp3) is 0.880. The molecule has 0 heterocycles. The maximum Gasteiger partial charge on any atom is 0.417 e. The molecular weight excluding hydrogens is 813 g/mol. The number of aliphatic carboxylic acids is 1. The number of unbranched alkanes of at least 4 members (excludes halogenated alkanes) is 10. The lowest BCUT2D eigenvalue weighted by Crippen LogP contribution is -2.50. The van der Waals surface area contributed by atoms with Crippen LogP contribution in [0.25, 0.3) is 0 Å². The second-order valence-electron chi connectivity index (χ2n) is 16.1. The van der Waals surface area contributed by atoms with Crippen LogP contribution >= 0.6 is 0 Å². The first-order valence-electron chi connectivity index (χ1n) is 25.4. The Morgan fingerprint density at radius 2 is 0.688 bits per heavy atom. The minimum Gasteiger partial charge on any atom is -0.539 e. The van der Waals surface area contributed by atoms with Crippen LogP contribution < -0.4 is 5.11 Å². The van der Waals surface area contributed by atoms with Crippen molar-refractivity contribution in [3.05, 3.63) is 0 Å². The van der Waals surface area contributed by atoms with Crippen molar-refractivity contribution in [3.8, 4) is 0 Å². The Morgan fingerprint density at radius 3 is 0.906 bits per heavy atom. The number of hydrogen-bond donors (Lipinski definition) is 0. The van der Waals surface area contributed by atoms with E-state index in [0.29, 0.717) is 0 Å². The van der Waals surface area contributed by atoms with Gasteiger partial charge in [0.15, 0.2) is 11.9 Å². The zero-order valence-corrected chi connectivity index (χ0v) is 44.2. The molecule has 0 aromatic carbocycles. The molecule has 0 atom stereocenters. The van der Waals surface area contributed by atoms with Gasteiger partial charge in [0.2, 0.25) is 0 Å². The predicted molar refractivity (Wildman–Crippen MR) is 265 cm³/mol. The van der Waals surface area contributed by atoms with Gasteiger partial charge in [0, 0.05) is 32.7 Å². The van der Waals surface area contributed by atoms with Crippen LogP contribution in [0.1, 0.15) is 198 Å². The van der Waals surface area contributed by atoms with E-state index >= 15 is 0 Å². The van der Waals surface area contributed by atoms with E-state index < -0.39 is 23.9 Å². The van der Waals surface area contributed by atoms with Crippen LogP contribution in [0.2, 0.25) is 0 Å². The van der Waals surface area contributed by atoms with Crippen molar-refractivity contribution in [1.82, 2.24) is 19.6 Å². The summed E-state index contributed by atoms with van der Waals surface area (Å²) in [5, 5.41) is 9.34. The average Bonchev–Trinajstić information content (AvgIpc) is 3.31. The second-order valence-corrected chi connectivity index (χ2v) is 16.1. The van der Waals surface area contributed by atoms with Crippen molar-refractivity contribution < 1.29 is 43.1 Å². The number of aliphatic imine (C=N–C) groups is 1. The molecule has 0 rings (SSSR count). The van der Waals surface area contributed by atoms with Gasteiger partial charge in [-0.2, -0.15) is 0 Å². The molecule has 0 amide bonds. The number of carbonyl (C=O) groups is 4. The fourth-order valence-electron chi connectivity index (χ4n) is 6.20. The number of carboxylic acids is 1. The third-order valence-electron chi connectivity index (χ3n) is 10.2. The topological polar surface area (TPSA) is 147 Å². The highest BCUT2D eigenvalue weighted by molar-refractivity contribution is 6.29. The Labute approximate surface area is 393 Å². The quantitative estimate of drug-likeness (QED) is 0.0129. The standard InChI is InChI=1S/C22H48N3.C21H45N3.C4H6O4.C3H4O4/c1-7-12-17-23(6)22(24(18-13-8-2)19-14-9-3)25(20-15-10-4)21-16-11-5;1-6-11-16-22-21(23(17-12-7-2)18-13-8-3)24(19-14-9-4)20-15-10-5;1-7-3(5)4(6)8-2;1-7-3(6)2(4)5/h7-21H2,1-6H3;6-20H2,1-5H3;1-2H3;1H3,(H,4,5)/q+1;;;/p-1. The Hall–Kier alpha value is -3.58. The van der Waals surface area contributed by atoms with Crippen LogP contribution in [0.4, 0.5) is 0 Å². The first-order valence-corrected chi connectivity index (χ1v) is 25.4. The molecular formula is C50H102N6O8. The molecule has 0 spiro atoms. The summed E-state index contributed by atoms with van der Waals surface area (Å²) in [4.78, 5) is 54.7. The van der Waals surface area contributed by atoms with E-state index in [1.807, 2.05) is 0 Å². The van der Waals surface area contributed by atoms with Crippen molar-refractivity contribution in [2.24, 2.45) is 4.99 Å². The first kappa shape index (κ1) is 67.0. The summed E-state index contributed by atoms with van der Waals surface area (Å²) in [5.74, 6) is -2.31. The van der Waals surface area contributed by atoms with Gasteiger partial charge in [-0.05, 0) is 64.2 Å². The highest BCUT2D eigenvalue weighted by Gasteiger charge is 2.27. The number of ether oxygens (including phenoxy) is 3. The smallest absolute Gasteiger partial charge is 0.417 e. The van der Waals surface area contributed by atoms with Gasteiger partial charge in [-0.1, -0.05) is 133 Å². The van der Waals surface area contributed by atoms with Crippen molar-refractivity contribution in [2.75, 3.05) is 93.8 Å². The molecule has 0 saturated carbocycles. The lowest BCUT2D eigenvalue weighted by Gasteiger charge is -2.35. The van der Waals surface area contributed by atoms with Crippen LogP contribution in [0.3, 0.4) is 0 Å². The molecule has 0 aliphatic heterocycles. The monoisotopic (exact) mass is 915 g/mol. The Bertz CT molecular complexity index is 1080. The Kier molecular flexibility index (Phi) is 52.8. The van der Waals surface area contributed by atoms with E-state index in [1.165, 1.54) is 173 Å². The van der Waals surface area contributed by atoms with Gasteiger partial charge in [-0.15, -0.1) is 0 Å². The normalized spacial score (nSPS) is 10.0. The van der Waals surface area contributed by atoms with Crippen LogP contribution in [0, 0.1) is 0 Å². The summed E-state index contributed by atoms with van der Waals surface area (Å²) < 4.78 is 14.2. The van der Waals surface area contributed by atoms with Crippen LogP contribution in [0.5, 0.6) is 0 Å². The Morgan fingerprint density at radius 1 is 0.422 bits per heavy atom. The lowest BCUT2D eigenvalue weighted by molar-refractivity contribution is -0.509. The molecule has 380 valence electrons. The summed E-state index contributed by atoms with van der Waals surface area (Å²) in [6, 6.07) is 0. The molecule has 0 aliphatic rings. The van der Waals surface area contributed by atoms with E-state index in [2.05, 4.69) is 115 Å². The molecule has 14 heteroatoms. The molecule has 0 aromatic heterocycles. The number of guanidine groups is 2. The van der Waals surface area contributed by atoms with E-state index in [1.54, 1.807) is 0 Å². The van der Waals surface area contributed by atoms with Crippen LogP contribution in [-0.2, 0) is 33.4 Å². The first-order chi connectivity index (χ1) is 30.8. The largest absolute Gasteiger partial charge is 0.539 e. The number of nitrogens with zero attached hydrogens (tertiary/aromatic N) is 6. The van der Waals surface area contributed by atoms with E-state index in [4.69, 9.17) is 4.99 Å². The van der Waals surface area contributed by atoms with Gasteiger partial charge in [0.1, 0.15) is 0 Å². The zero-order chi connectivity index (χ0) is 49.4. The summed E-state index contributed by atoms with van der Waals surface area (Å²) in [5.41, 5.74) is 0. The van der Waals surface area contributed by atoms with E-state index in [-0.39, 0.29) is 0 Å². The minimum absolute atomic E-state index is 0.970. The SMILES string of the molecule is CCCCN(CCCC)C(N(CCCC)CCCC)=[N+](C)CCCC.CCCCN=C(N(CCCC)CCCC)N(CCCC)CCCC.COC(=O)C(=O)OC.COC(=O)C(=O)[O-]. The predicted octanol–water partition coefficient (Wildman–Crippen LogP) is 8.78. The maximum absolute atomic E-state index is 10.0. The number of esters is 3. The summed E-state index contributed by atoms with van der Waals surface area (Å²) in [6.45, 7) is 34.6. The maximum atomic E-state index is 10.0. The lowest BCUT2D eigenvalue weighted by atomic mass is 10.2. The minimum atomic E-state index is -1.82. The van der Waals surface area contributed by atoms with Gasteiger partial charge < -0.3 is 33.9 Å². The molecule has 0 aliphatic carbocycles. The third-order valence-corrected chi connectivity index (χ3v) is 10.2. The number of methoxy groups -OCH3 is 3. The van der Waals surface area contributed by atoms with Gasteiger partial charge in [0.05, 0.1) is 61.1 Å². The highest BCUT2D eigenvalue weighted by Crippen LogP contribution is 2.11. The van der Waals surface area contributed by atoms with Gasteiger partial charge >= 0.3 is 23.9 Å². The molecule has 0 saturated heterocycles. The Balaban J connectivity index is -0.000000426. The highest BCUT2D eigenvalue weighted by atomic mass is 16.6. The molecule has 0 N–H and O–H groups in total. The molecule has 0 bridgehead atoms. The summed E-state index contributed by atoms with van der Waals surface area (Å²) in [6.07, 6.45) is 25.4. The van der Waals surface area contributed by atoms with Crippen LogP contribution in [0.15, 0.2) is 4.99 Å². The zero-order valence-electron chi connectivity index (χ0n) is 44.2. The van der Waals surface area contributed by atoms with Gasteiger partial charge in [-0.25, -0.2) is 14.4 Å². The van der Waals surface area contributed by atoms with Crippen LogP contribution in [-0.4, -0.2) is 154 Å². The number of rotatable bonds is 30. The van der Waals surface area contributed by atoms with Gasteiger partial charge in [0.25, 0.3) is 0 Å². The van der Waals surface area contributed by atoms with Crippen molar-refractivity contribution in [2.45, 2.75) is 198 Å². The van der Waals surface area contributed by atoms with E-state index in [9.17, 15) is 24.3 Å². The molecule has 0 radical (unpaired) electrons. The van der Waals surface area contributed by atoms with Gasteiger partial charge in [-0.3, -0.25) is 19.4 Å².